The number of unbranched alkanes of at least 4 members (excludes halogenated alkanes) is 2. The summed E-state index contributed by atoms with van der Waals surface area (Å²) in [7, 11) is 2.09. The SMILES string of the molecule is CN1CCN(c2ncc(C(=O)NCCOCCC(=O)CCCCCn3nc(-c4cnc5[nH]ccc5c4)c4c(N)ncnc43)cn2)CC1. The van der Waals surface area contributed by atoms with Gasteiger partial charge in [-0.3, -0.25) is 9.59 Å². The molecule has 0 spiro atoms. The Morgan fingerprint density at radius 3 is 2.64 bits per heavy atom. The summed E-state index contributed by atoms with van der Waals surface area (Å²) in [5.74, 6) is 0.928. The third kappa shape index (κ3) is 7.86. The van der Waals surface area contributed by atoms with Gasteiger partial charge in [-0.25, -0.2) is 29.6 Å². The van der Waals surface area contributed by atoms with Crippen LogP contribution in [0, 0.1) is 0 Å². The Morgan fingerprint density at radius 2 is 1.81 bits per heavy atom. The van der Waals surface area contributed by atoms with Crippen molar-refractivity contribution in [3.8, 4) is 11.3 Å². The Labute approximate surface area is 272 Å². The monoisotopic (exact) mass is 640 g/mol. The van der Waals surface area contributed by atoms with Crippen LogP contribution in [0.15, 0.2) is 43.2 Å². The fraction of sp³-hybridized carbons (Fsp3) is 0.438. The zero-order valence-corrected chi connectivity index (χ0v) is 26.6. The van der Waals surface area contributed by atoms with Gasteiger partial charge >= 0.3 is 0 Å². The molecule has 1 aliphatic rings. The number of pyridine rings is 1. The minimum atomic E-state index is -0.250. The normalized spacial score (nSPS) is 13.9. The fourth-order valence-electron chi connectivity index (χ4n) is 5.58. The van der Waals surface area contributed by atoms with E-state index in [4.69, 9.17) is 15.6 Å². The van der Waals surface area contributed by atoms with Crippen LogP contribution in [0.2, 0.25) is 0 Å². The Bertz CT molecular complexity index is 1810. The van der Waals surface area contributed by atoms with Crippen LogP contribution in [0.1, 0.15) is 42.5 Å². The molecule has 15 nitrogen and oxygen atoms in total. The molecular weight excluding hydrogens is 600 g/mol. The number of H-pyrrole nitrogens is 1. The second kappa shape index (κ2) is 15.0. The molecule has 47 heavy (non-hydrogen) atoms. The number of ketones is 1. The lowest BCUT2D eigenvalue weighted by Gasteiger charge is -2.32. The maximum Gasteiger partial charge on any atom is 0.254 e. The summed E-state index contributed by atoms with van der Waals surface area (Å²) in [6.45, 7) is 5.28. The van der Waals surface area contributed by atoms with E-state index in [0.717, 1.165) is 62.0 Å². The van der Waals surface area contributed by atoms with Gasteiger partial charge in [0, 0.05) is 87.8 Å². The van der Waals surface area contributed by atoms with Gasteiger partial charge in [0.1, 0.15) is 29.3 Å². The summed E-state index contributed by atoms with van der Waals surface area (Å²) in [6.07, 6.45) is 11.5. The number of ether oxygens (including phenoxy) is 1. The molecule has 6 heterocycles. The molecule has 1 aliphatic heterocycles. The molecule has 1 amide bonds. The number of Topliss-reactive ketones (excluding diaryl/α,β-unsaturated/α-hetero) is 1. The van der Waals surface area contributed by atoms with Crippen LogP contribution < -0.4 is 16.0 Å². The first kappa shape index (κ1) is 31.9. The molecule has 0 aromatic carbocycles. The number of aromatic amines is 1. The average molecular weight is 641 g/mol. The van der Waals surface area contributed by atoms with Gasteiger partial charge in [-0.1, -0.05) is 6.42 Å². The van der Waals surface area contributed by atoms with Crippen molar-refractivity contribution in [3.05, 3.63) is 48.8 Å². The molecule has 5 aromatic rings. The number of hydrogen-bond donors (Lipinski definition) is 3. The van der Waals surface area contributed by atoms with E-state index >= 15 is 0 Å². The molecule has 15 heteroatoms. The van der Waals surface area contributed by atoms with Gasteiger partial charge in [0.2, 0.25) is 5.95 Å². The van der Waals surface area contributed by atoms with Gasteiger partial charge in [0.05, 0.1) is 24.2 Å². The summed E-state index contributed by atoms with van der Waals surface area (Å²) in [5.41, 5.74) is 9.68. The molecule has 0 bridgehead atoms. The molecule has 5 aromatic heterocycles. The Balaban J connectivity index is 0.866. The lowest BCUT2D eigenvalue weighted by Crippen LogP contribution is -2.45. The van der Waals surface area contributed by atoms with Crippen molar-refractivity contribution in [2.75, 3.05) is 63.6 Å². The summed E-state index contributed by atoms with van der Waals surface area (Å²) < 4.78 is 7.43. The van der Waals surface area contributed by atoms with E-state index in [0.29, 0.717) is 73.2 Å². The minimum absolute atomic E-state index is 0.159. The van der Waals surface area contributed by atoms with Crippen LogP contribution in [0.5, 0.6) is 0 Å². The number of aromatic nitrogens is 8. The van der Waals surface area contributed by atoms with Crippen molar-refractivity contribution in [3.63, 3.8) is 0 Å². The molecule has 1 saturated heterocycles. The van der Waals surface area contributed by atoms with E-state index in [9.17, 15) is 9.59 Å². The Morgan fingerprint density at radius 1 is 0.979 bits per heavy atom. The van der Waals surface area contributed by atoms with Gasteiger partial charge in [-0.15, -0.1) is 0 Å². The van der Waals surface area contributed by atoms with E-state index < -0.39 is 0 Å². The quantitative estimate of drug-likeness (QED) is 0.142. The maximum atomic E-state index is 12.4. The lowest BCUT2D eigenvalue weighted by molar-refractivity contribution is -0.120. The van der Waals surface area contributed by atoms with Crippen molar-refractivity contribution in [2.24, 2.45) is 0 Å². The number of nitrogens with two attached hydrogens (primary N) is 1. The first-order valence-electron chi connectivity index (χ1n) is 16.0. The zero-order valence-electron chi connectivity index (χ0n) is 26.6. The molecule has 4 N–H and O–H groups in total. The second-order valence-electron chi connectivity index (χ2n) is 11.7. The topological polar surface area (TPSA) is 186 Å². The third-order valence-corrected chi connectivity index (χ3v) is 8.30. The number of likely N-dealkylation sites (N-methyl/N-ethyl adjacent to an activating group) is 1. The molecule has 0 unspecified atom stereocenters. The van der Waals surface area contributed by atoms with Gasteiger partial charge in [0.15, 0.2) is 5.65 Å². The summed E-state index contributed by atoms with van der Waals surface area (Å²) >= 11 is 0. The molecule has 246 valence electrons. The number of rotatable bonds is 15. The fourth-order valence-corrected chi connectivity index (χ4v) is 5.58. The standard InChI is InChI=1S/C32H40N12O3/c1-42-11-13-43(14-12-42)32-37-19-24(20-38-32)31(46)35-9-16-47-15-7-25(45)5-3-2-4-10-44-30-26(28(33)39-21-40-30)27(41-44)23-17-22-6-8-34-29(22)36-18-23/h6,8,17-21H,2-5,7,9-16H2,1H3,(H,34,36)(H,35,46)(H2,33,39,40). The molecule has 0 aliphatic carbocycles. The largest absolute Gasteiger partial charge is 0.383 e. The lowest BCUT2D eigenvalue weighted by atomic mass is 10.1. The van der Waals surface area contributed by atoms with Gasteiger partial charge in [-0.05, 0) is 32.0 Å². The number of piperazine rings is 1. The van der Waals surface area contributed by atoms with Gasteiger partial charge in [0.25, 0.3) is 5.91 Å². The van der Waals surface area contributed by atoms with E-state index in [-0.39, 0.29) is 11.7 Å². The number of anilines is 2. The summed E-state index contributed by atoms with van der Waals surface area (Å²) in [4.78, 5) is 54.1. The average Bonchev–Trinajstić information content (AvgIpc) is 3.72. The number of nitrogens with zero attached hydrogens (tertiary/aromatic N) is 9. The minimum Gasteiger partial charge on any atom is -0.383 e. The number of carbonyl (C=O) groups is 2. The van der Waals surface area contributed by atoms with Crippen LogP contribution in [0.4, 0.5) is 11.8 Å². The van der Waals surface area contributed by atoms with Crippen molar-refractivity contribution in [2.45, 2.75) is 38.6 Å². The van der Waals surface area contributed by atoms with Crippen LogP contribution in [0.25, 0.3) is 33.3 Å². The van der Waals surface area contributed by atoms with Crippen molar-refractivity contribution >= 4 is 45.5 Å². The highest BCUT2D eigenvalue weighted by Gasteiger charge is 2.19. The van der Waals surface area contributed by atoms with Crippen LogP contribution in [0.3, 0.4) is 0 Å². The Hall–Kier alpha value is -5.02. The third-order valence-electron chi connectivity index (χ3n) is 8.30. The van der Waals surface area contributed by atoms with Gasteiger partial charge < -0.3 is 30.6 Å². The van der Waals surface area contributed by atoms with E-state index in [2.05, 4.69) is 52.1 Å². The summed E-state index contributed by atoms with van der Waals surface area (Å²) in [5, 5.41) is 9.33. The van der Waals surface area contributed by atoms with Crippen LogP contribution in [-0.4, -0.2) is 109 Å². The number of hydrogen-bond acceptors (Lipinski definition) is 12. The number of aryl methyl sites for hydroxylation is 1. The molecule has 0 radical (unpaired) electrons. The number of amides is 1. The second-order valence-corrected chi connectivity index (χ2v) is 11.7. The molecule has 0 atom stereocenters. The molecule has 0 saturated carbocycles. The summed E-state index contributed by atoms with van der Waals surface area (Å²) in [6, 6.07) is 3.98. The number of carbonyl (C=O) groups excluding carboxylic acids is 2. The molecule has 6 rings (SSSR count). The molecular formula is C32H40N12O3. The molecule has 1 fully saturated rings. The zero-order chi connectivity index (χ0) is 32.6. The highest BCUT2D eigenvalue weighted by molar-refractivity contribution is 5.99. The van der Waals surface area contributed by atoms with Crippen LogP contribution in [-0.2, 0) is 16.1 Å². The number of fused-ring (bicyclic) bond motifs is 2. The van der Waals surface area contributed by atoms with Crippen LogP contribution >= 0.6 is 0 Å². The van der Waals surface area contributed by atoms with E-state index in [1.54, 1.807) is 18.6 Å². The highest BCUT2D eigenvalue weighted by Crippen LogP contribution is 2.31. The number of nitrogens with one attached hydrogen (secondary N) is 2. The number of nitrogen functional groups attached to an aromatic ring is 1. The smallest absolute Gasteiger partial charge is 0.254 e. The maximum absolute atomic E-state index is 12.4. The van der Waals surface area contributed by atoms with Crippen molar-refractivity contribution < 1.29 is 14.3 Å². The van der Waals surface area contributed by atoms with Crippen molar-refractivity contribution in [1.82, 2.24) is 49.9 Å². The highest BCUT2D eigenvalue weighted by atomic mass is 16.5. The Kier molecular flexibility index (Phi) is 10.2. The van der Waals surface area contributed by atoms with Crippen molar-refractivity contribution in [1.29, 1.82) is 0 Å². The van der Waals surface area contributed by atoms with Gasteiger partial charge in [-0.2, -0.15) is 5.10 Å². The van der Waals surface area contributed by atoms with E-state index in [1.165, 1.54) is 6.33 Å². The first-order valence-corrected chi connectivity index (χ1v) is 16.0. The predicted octanol–water partition coefficient (Wildman–Crippen LogP) is 2.46. The van der Waals surface area contributed by atoms with E-state index in [1.807, 2.05) is 23.0 Å². The predicted molar refractivity (Wildman–Crippen MR) is 178 cm³/mol. The first-order chi connectivity index (χ1) is 23.0.